The van der Waals surface area contributed by atoms with Gasteiger partial charge < -0.3 is 20.2 Å². The Hall–Kier alpha value is 0.0569. The molecule has 3 N–H and O–H groups in total. The van der Waals surface area contributed by atoms with Gasteiger partial charge in [0, 0.05) is 19.2 Å². The molecule has 15 heavy (non-hydrogen) atoms. The van der Waals surface area contributed by atoms with Crippen LogP contribution in [0.2, 0.25) is 0 Å². The fourth-order valence-electron chi connectivity index (χ4n) is 1.18. The van der Waals surface area contributed by atoms with Crippen LogP contribution in [0.25, 0.3) is 0 Å². The first kappa shape index (κ1) is 15.1. The number of nitrogens with two attached hydrogens (primary N) is 1. The summed E-state index contributed by atoms with van der Waals surface area (Å²) in [7, 11) is 0.745. The summed E-state index contributed by atoms with van der Waals surface area (Å²) in [6, 6.07) is 0.250. The van der Waals surface area contributed by atoms with Crippen molar-refractivity contribution in [1.82, 2.24) is 5.32 Å². The maximum absolute atomic E-state index is 5.61. The molecule has 2 unspecified atom stereocenters. The fraction of sp³-hybridized carbons (Fsp3) is 1.00. The number of hydrogen-bond donors (Lipinski definition) is 2. The van der Waals surface area contributed by atoms with E-state index < -0.39 is 0 Å². The highest BCUT2D eigenvalue weighted by Gasteiger charge is 1.97. The van der Waals surface area contributed by atoms with Crippen LogP contribution >= 0.6 is 0 Å². The van der Waals surface area contributed by atoms with Crippen LogP contribution in [0.15, 0.2) is 0 Å². The highest BCUT2D eigenvalue weighted by atomic mass is 28.2. The van der Waals surface area contributed by atoms with Gasteiger partial charge in [-0.25, -0.2) is 0 Å². The molecule has 0 saturated carbocycles. The number of rotatable bonds is 10. The molecule has 0 radical (unpaired) electrons. The molecule has 0 rings (SSSR count). The number of unbranched alkanes of at least 4 members (excludes halogenated alkanes) is 2. The molecule has 0 spiro atoms. The first-order valence-corrected chi connectivity index (χ1v) is 6.59. The summed E-state index contributed by atoms with van der Waals surface area (Å²) >= 11 is 0. The van der Waals surface area contributed by atoms with E-state index in [1.165, 1.54) is 12.8 Å². The number of nitrogens with one attached hydrogen (secondary N) is 1. The van der Waals surface area contributed by atoms with E-state index in [1.54, 1.807) is 0 Å². The van der Waals surface area contributed by atoms with Gasteiger partial charge in [-0.3, -0.25) is 0 Å². The predicted octanol–water partition coefficient (Wildman–Crippen LogP) is -0.247. The molecule has 0 aromatic rings. The molecule has 0 aromatic carbocycles. The Kier molecular flexibility index (Phi) is 10.6. The molecule has 4 nitrogen and oxygen atoms in total. The zero-order valence-corrected chi connectivity index (χ0v) is 12.3. The third-order valence-corrected chi connectivity index (χ3v) is 2.81. The Balaban J connectivity index is 2.99. The highest BCUT2D eigenvalue weighted by molar-refractivity contribution is 5.98. The van der Waals surface area contributed by atoms with E-state index in [1.807, 2.05) is 13.8 Å². The Bertz CT molecular complexity index is 137. The van der Waals surface area contributed by atoms with E-state index in [2.05, 4.69) is 5.32 Å². The Morgan fingerprint density at radius 1 is 1.27 bits per heavy atom. The molecular weight excluding hydrogens is 208 g/mol. The quantitative estimate of drug-likeness (QED) is 0.311. The monoisotopic (exact) mass is 234 g/mol. The average Bonchev–Trinajstić information content (AvgIpc) is 2.21. The van der Waals surface area contributed by atoms with Crippen LogP contribution in [0, 0.1) is 0 Å². The molecule has 0 aliphatic heterocycles. The predicted molar refractivity (Wildman–Crippen MR) is 66.8 cm³/mol. The molecule has 0 bridgehead atoms. The van der Waals surface area contributed by atoms with Gasteiger partial charge in [0.05, 0.1) is 0 Å². The van der Waals surface area contributed by atoms with Crippen molar-refractivity contribution < 1.29 is 9.16 Å². The first-order chi connectivity index (χ1) is 7.16. The Morgan fingerprint density at radius 3 is 2.60 bits per heavy atom. The van der Waals surface area contributed by atoms with Crippen LogP contribution in [0.3, 0.4) is 0 Å². The molecule has 0 amide bonds. The molecule has 92 valence electrons. The molecule has 0 saturated heterocycles. The van der Waals surface area contributed by atoms with Gasteiger partial charge in [0.25, 0.3) is 0 Å². The van der Waals surface area contributed by atoms with Crippen LogP contribution < -0.4 is 11.1 Å². The minimum atomic E-state index is -0.0205. The van der Waals surface area contributed by atoms with Crippen molar-refractivity contribution in [2.75, 3.05) is 19.7 Å². The van der Waals surface area contributed by atoms with E-state index >= 15 is 0 Å². The zero-order valence-electron chi connectivity index (χ0n) is 10.3. The summed E-state index contributed by atoms with van der Waals surface area (Å²) in [5.74, 6) is 0. The van der Waals surface area contributed by atoms with Crippen molar-refractivity contribution in [1.29, 1.82) is 0 Å². The number of ether oxygens (including phenoxy) is 1. The van der Waals surface area contributed by atoms with Gasteiger partial charge in [-0.1, -0.05) is 0 Å². The molecular formula is C10H26N2O2Si. The van der Waals surface area contributed by atoms with Crippen LogP contribution in [0.4, 0.5) is 0 Å². The van der Waals surface area contributed by atoms with Crippen molar-refractivity contribution in [3.8, 4) is 0 Å². The van der Waals surface area contributed by atoms with E-state index in [0.29, 0.717) is 0 Å². The lowest BCUT2D eigenvalue weighted by Gasteiger charge is -2.11. The van der Waals surface area contributed by atoms with Crippen molar-refractivity contribution in [3.05, 3.63) is 0 Å². The van der Waals surface area contributed by atoms with E-state index in [0.717, 1.165) is 36.6 Å². The lowest BCUT2D eigenvalue weighted by molar-refractivity contribution is -0.0638. The molecule has 0 aliphatic rings. The summed E-state index contributed by atoms with van der Waals surface area (Å²) in [6.45, 7) is 6.71. The lowest BCUT2D eigenvalue weighted by Crippen LogP contribution is -2.31. The largest absolute Gasteiger partial charge is 0.404 e. The lowest BCUT2D eigenvalue weighted by atomic mass is 10.2. The third kappa shape index (κ3) is 12.0. The molecule has 5 heteroatoms. The summed E-state index contributed by atoms with van der Waals surface area (Å²) in [5, 5.41) is 3.31. The Labute approximate surface area is 96.4 Å². The van der Waals surface area contributed by atoms with E-state index in [4.69, 9.17) is 14.9 Å². The highest BCUT2D eigenvalue weighted by Crippen LogP contribution is 1.98. The van der Waals surface area contributed by atoms with Gasteiger partial charge in [-0.05, 0) is 39.7 Å². The van der Waals surface area contributed by atoms with Crippen LogP contribution in [-0.2, 0) is 9.16 Å². The minimum Gasteiger partial charge on any atom is -0.404 e. The normalized spacial score (nSPS) is 15.4. The first-order valence-electron chi connectivity index (χ1n) is 5.77. The third-order valence-electron chi connectivity index (χ3n) is 2.15. The summed E-state index contributed by atoms with van der Waals surface area (Å²) in [6.07, 6.45) is 3.47. The summed E-state index contributed by atoms with van der Waals surface area (Å²) in [5.41, 5.74) is 5.61. The van der Waals surface area contributed by atoms with E-state index in [9.17, 15) is 0 Å². The van der Waals surface area contributed by atoms with Gasteiger partial charge in [-0.2, -0.15) is 0 Å². The van der Waals surface area contributed by atoms with Crippen LogP contribution in [0.5, 0.6) is 0 Å². The van der Waals surface area contributed by atoms with Crippen LogP contribution in [-0.4, -0.2) is 42.5 Å². The topological polar surface area (TPSA) is 56.5 Å². The minimum absolute atomic E-state index is 0.0205. The fourth-order valence-corrected chi connectivity index (χ4v) is 1.31. The zero-order chi connectivity index (χ0) is 11.5. The summed E-state index contributed by atoms with van der Waals surface area (Å²) in [4.78, 5) is 0. The van der Waals surface area contributed by atoms with Gasteiger partial charge in [0.15, 0.2) is 0 Å². The van der Waals surface area contributed by atoms with E-state index in [-0.39, 0.29) is 12.3 Å². The maximum atomic E-state index is 5.61. The smallest absolute Gasteiger partial charge is 0.149 e. The van der Waals surface area contributed by atoms with Crippen molar-refractivity contribution in [2.24, 2.45) is 5.73 Å². The Morgan fingerprint density at radius 2 is 2.00 bits per heavy atom. The van der Waals surface area contributed by atoms with Crippen LogP contribution in [0.1, 0.15) is 33.1 Å². The second kappa shape index (κ2) is 10.6. The van der Waals surface area contributed by atoms with Crippen molar-refractivity contribution in [2.45, 2.75) is 45.4 Å². The molecule has 2 atom stereocenters. The number of hydrogen-bond acceptors (Lipinski definition) is 4. The molecule has 0 aliphatic carbocycles. The second-order valence-electron chi connectivity index (χ2n) is 3.92. The van der Waals surface area contributed by atoms with Gasteiger partial charge in [-0.15, -0.1) is 0 Å². The maximum Gasteiger partial charge on any atom is 0.149 e. The van der Waals surface area contributed by atoms with Gasteiger partial charge >= 0.3 is 0 Å². The average molecular weight is 234 g/mol. The standard InChI is InChI=1S/C10H26N2O2Si/c1-9(11)8-12-6-4-3-5-7-13-10(2)14-15/h9-10,12H,3-8,11H2,1-2,15H3. The second-order valence-corrected chi connectivity index (χ2v) is 4.39. The van der Waals surface area contributed by atoms with Gasteiger partial charge in [0.2, 0.25) is 0 Å². The molecule has 0 fully saturated rings. The summed E-state index contributed by atoms with van der Waals surface area (Å²) < 4.78 is 10.5. The van der Waals surface area contributed by atoms with Crippen molar-refractivity contribution in [3.63, 3.8) is 0 Å². The molecule has 0 heterocycles. The van der Waals surface area contributed by atoms with Crippen molar-refractivity contribution >= 4 is 10.5 Å². The van der Waals surface area contributed by atoms with Gasteiger partial charge in [0.1, 0.15) is 16.8 Å². The SMILES string of the molecule is CC(N)CNCCCCCOC(C)O[SiH3]. The molecule has 0 aromatic heterocycles.